The molecule has 0 aromatic heterocycles. The Morgan fingerprint density at radius 2 is 1.76 bits per heavy atom. The van der Waals surface area contributed by atoms with Crippen molar-refractivity contribution >= 4 is 48.9 Å². The molecule has 0 bridgehead atoms. The lowest BCUT2D eigenvalue weighted by Crippen LogP contribution is -2.34. The van der Waals surface area contributed by atoms with Crippen LogP contribution in [0, 0.1) is 23.3 Å². The molecule has 8 nitrogen and oxygen atoms in total. The van der Waals surface area contributed by atoms with Crippen molar-refractivity contribution in [3.05, 3.63) is 125 Å². The summed E-state index contributed by atoms with van der Waals surface area (Å²) in [6.45, 7) is 3.88. The maximum absolute atomic E-state index is 14.0. The predicted molar refractivity (Wildman–Crippen MR) is 160 cm³/mol. The first-order chi connectivity index (χ1) is 19.6. The van der Waals surface area contributed by atoms with Crippen LogP contribution in [-0.2, 0) is 16.5 Å². The summed E-state index contributed by atoms with van der Waals surface area (Å²) in [4.78, 5) is 31.5. The third-order valence-corrected chi connectivity index (χ3v) is 8.54. The molecule has 206 valence electrons. The molecule has 0 fully saturated rings. The highest BCUT2D eigenvalue weighted by atomic mass is 32.2. The van der Waals surface area contributed by atoms with Crippen LogP contribution in [0.15, 0.2) is 87.3 Å². The summed E-state index contributed by atoms with van der Waals surface area (Å²) >= 11 is 0. The van der Waals surface area contributed by atoms with Gasteiger partial charge in [-0.1, -0.05) is 55.5 Å². The second-order valence-corrected chi connectivity index (χ2v) is 11.7. The second kappa shape index (κ2) is 9.79. The van der Waals surface area contributed by atoms with Gasteiger partial charge in [-0.05, 0) is 60.6 Å². The van der Waals surface area contributed by atoms with Gasteiger partial charge in [0, 0.05) is 27.4 Å². The van der Waals surface area contributed by atoms with Crippen molar-refractivity contribution in [3.8, 4) is 0 Å². The average molecular weight is 567 g/mol. The number of rotatable bonds is 5. The number of fused-ring (bicyclic) bond motifs is 2. The predicted octanol–water partition coefficient (Wildman–Crippen LogP) is 4.62. The van der Waals surface area contributed by atoms with E-state index in [9.17, 15) is 27.7 Å². The largest absolute Gasteiger partial charge is 0.511 e. The minimum atomic E-state index is -4.53. The van der Waals surface area contributed by atoms with Crippen LogP contribution in [0.5, 0.6) is 0 Å². The Hall–Kier alpha value is -4.60. The number of allylic oxidation sites excluding steroid dienone is 2. The lowest BCUT2D eigenvalue weighted by molar-refractivity contribution is 0.447. The third kappa shape index (κ3) is 4.43. The smallest absolute Gasteiger partial charge is 0.294 e. The molecule has 3 aliphatic rings. The minimum Gasteiger partial charge on any atom is -0.511 e. The van der Waals surface area contributed by atoms with Crippen LogP contribution in [0.4, 0.5) is 11.4 Å². The van der Waals surface area contributed by atoms with Gasteiger partial charge in [0.25, 0.3) is 15.7 Å². The summed E-state index contributed by atoms with van der Waals surface area (Å²) in [5.41, 5.74) is 2.57. The van der Waals surface area contributed by atoms with E-state index in [0.717, 1.165) is 12.1 Å². The highest BCUT2D eigenvalue weighted by Gasteiger charge is 2.24. The molecule has 0 saturated heterocycles. The quantitative estimate of drug-likeness (QED) is 0.263. The molecule has 1 unspecified atom stereocenters. The van der Waals surface area contributed by atoms with Crippen LogP contribution in [0.25, 0.3) is 27.4 Å². The number of aromatic nitrogens is 1. The van der Waals surface area contributed by atoms with E-state index in [2.05, 4.69) is 17.2 Å². The minimum absolute atomic E-state index is 0.103. The lowest BCUT2D eigenvalue weighted by atomic mass is 9.92. The number of hydrogen-bond donors (Lipinski definition) is 3. The number of aliphatic hydroxyl groups is 1. The van der Waals surface area contributed by atoms with Gasteiger partial charge in [-0.25, -0.2) is 4.98 Å². The van der Waals surface area contributed by atoms with Crippen molar-refractivity contribution in [2.45, 2.75) is 26.7 Å². The van der Waals surface area contributed by atoms with Crippen molar-refractivity contribution in [2.24, 2.45) is 5.92 Å². The van der Waals surface area contributed by atoms with Crippen molar-refractivity contribution in [1.29, 1.82) is 0 Å². The first-order valence-electron chi connectivity index (χ1n) is 13.2. The van der Waals surface area contributed by atoms with E-state index >= 15 is 0 Å². The number of nitrogens with one attached hydrogen (secondary N) is 1. The summed E-state index contributed by atoms with van der Waals surface area (Å²) in [7, 11) is -4.53. The Morgan fingerprint density at radius 1 is 1.05 bits per heavy atom. The molecular weight excluding hydrogens is 540 g/mol. The van der Waals surface area contributed by atoms with Gasteiger partial charge in [0.15, 0.2) is 5.43 Å². The van der Waals surface area contributed by atoms with Crippen molar-refractivity contribution < 1.29 is 18.1 Å². The van der Waals surface area contributed by atoms with E-state index in [1.807, 2.05) is 31.2 Å². The highest BCUT2D eigenvalue weighted by molar-refractivity contribution is 7.90. The SMILES string of the molecule is CCc1ccc(Nc2cc(C)c3nc(=O)c(=C(O)C4C=C(S(=O)(=O)O)C=CC4)c4c5ccccc5c(=O)c2c3=4)cc1. The van der Waals surface area contributed by atoms with Gasteiger partial charge in [0.05, 0.1) is 26.7 Å². The van der Waals surface area contributed by atoms with Crippen LogP contribution >= 0.6 is 0 Å². The maximum atomic E-state index is 14.0. The number of anilines is 2. The summed E-state index contributed by atoms with van der Waals surface area (Å²) in [6, 6.07) is 16.6. The highest BCUT2D eigenvalue weighted by Crippen LogP contribution is 2.30. The Bertz CT molecular complexity index is 2280. The molecule has 0 spiro atoms. The molecule has 3 aromatic rings. The molecule has 0 amide bonds. The van der Waals surface area contributed by atoms with E-state index in [-0.39, 0.29) is 27.7 Å². The first-order valence-corrected chi connectivity index (χ1v) is 14.6. The fourth-order valence-corrected chi connectivity index (χ4v) is 6.24. The van der Waals surface area contributed by atoms with E-state index in [4.69, 9.17) is 0 Å². The number of hydrogen-bond acceptors (Lipinski definition) is 7. The molecule has 9 heteroatoms. The van der Waals surface area contributed by atoms with Crippen LogP contribution in [0.1, 0.15) is 24.5 Å². The Balaban J connectivity index is 1.78. The van der Waals surface area contributed by atoms with Crippen LogP contribution in [0.2, 0.25) is 0 Å². The van der Waals surface area contributed by atoms with Crippen molar-refractivity contribution in [3.63, 3.8) is 0 Å². The Labute approximate surface area is 234 Å². The second-order valence-electron chi connectivity index (χ2n) is 10.2. The van der Waals surface area contributed by atoms with E-state index < -0.39 is 21.6 Å². The number of benzene rings is 3. The number of nitrogens with zero attached hydrogens (tertiary/aromatic N) is 1. The molecule has 1 heterocycles. The van der Waals surface area contributed by atoms with Crippen LogP contribution < -0.4 is 21.5 Å². The summed E-state index contributed by atoms with van der Waals surface area (Å²) in [5, 5.41) is 16.8. The van der Waals surface area contributed by atoms with Gasteiger partial charge >= 0.3 is 0 Å². The topological polar surface area (TPSA) is 134 Å². The number of aryl methyl sites for hydroxylation is 2. The summed E-state index contributed by atoms with van der Waals surface area (Å²) in [5.74, 6) is -1.29. The van der Waals surface area contributed by atoms with Gasteiger partial charge < -0.3 is 10.4 Å². The van der Waals surface area contributed by atoms with E-state index in [0.29, 0.717) is 43.4 Å². The van der Waals surface area contributed by atoms with Crippen LogP contribution in [0.3, 0.4) is 0 Å². The molecule has 1 atom stereocenters. The van der Waals surface area contributed by atoms with Crippen molar-refractivity contribution in [2.75, 3.05) is 5.32 Å². The normalized spacial score (nSPS) is 16.4. The maximum Gasteiger partial charge on any atom is 0.294 e. The lowest BCUT2D eigenvalue weighted by Gasteiger charge is -2.17. The third-order valence-electron chi connectivity index (χ3n) is 7.67. The summed E-state index contributed by atoms with van der Waals surface area (Å²) < 4.78 is 33.2. The Morgan fingerprint density at radius 3 is 2.44 bits per heavy atom. The fourth-order valence-electron chi connectivity index (χ4n) is 5.64. The Kier molecular flexibility index (Phi) is 6.36. The van der Waals surface area contributed by atoms with E-state index in [1.54, 1.807) is 30.3 Å². The molecule has 2 aliphatic carbocycles. The molecule has 1 aliphatic heterocycles. The molecule has 0 saturated carbocycles. The van der Waals surface area contributed by atoms with Gasteiger partial charge in [-0.2, -0.15) is 8.42 Å². The van der Waals surface area contributed by atoms with Crippen molar-refractivity contribution in [1.82, 2.24) is 4.98 Å². The number of aliphatic hydroxyl groups excluding tert-OH is 1. The van der Waals surface area contributed by atoms with Crippen LogP contribution in [-0.4, -0.2) is 23.1 Å². The first kappa shape index (κ1) is 26.6. The zero-order valence-electron chi connectivity index (χ0n) is 22.3. The zero-order valence-corrected chi connectivity index (χ0v) is 23.1. The zero-order chi connectivity index (χ0) is 29.1. The standard InChI is InChI=1S/C32H26N2O6S/c1-3-18-11-13-20(14-12-18)33-24-15-17(2)29-27-25(22-9-4-5-10-23(22)31(36)26(24)27)28(32(37)34-29)30(35)19-7-6-8-21(16-19)41(38,39)40/h4-6,8-16,19,33,35H,3,7H2,1-2H3,(H,38,39,40). The molecule has 6 rings (SSSR count). The molecule has 41 heavy (non-hydrogen) atoms. The van der Waals surface area contributed by atoms with Gasteiger partial charge in [0.2, 0.25) is 0 Å². The molecular formula is C32H26N2O6S. The van der Waals surface area contributed by atoms with E-state index in [1.165, 1.54) is 23.8 Å². The fraction of sp³-hybridized carbons (Fsp3) is 0.156. The average Bonchev–Trinajstić information content (AvgIpc) is 2.96. The molecule has 3 aromatic carbocycles. The molecule has 0 radical (unpaired) electrons. The monoisotopic (exact) mass is 566 g/mol. The van der Waals surface area contributed by atoms with Gasteiger partial charge in [0.1, 0.15) is 5.76 Å². The van der Waals surface area contributed by atoms with Gasteiger partial charge in [-0.3, -0.25) is 14.1 Å². The molecule has 3 N–H and O–H groups in total. The van der Waals surface area contributed by atoms with Gasteiger partial charge in [-0.15, -0.1) is 0 Å². The summed E-state index contributed by atoms with van der Waals surface area (Å²) in [6.07, 6.45) is 5.06.